The zero-order valence-electron chi connectivity index (χ0n) is 15.7. The Bertz CT molecular complexity index is 906. The van der Waals surface area contributed by atoms with Gasteiger partial charge in [-0.1, -0.05) is 12.1 Å². The van der Waals surface area contributed by atoms with E-state index in [9.17, 15) is 10.1 Å². The number of anilines is 1. The number of likely N-dealkylation sites (tertiary alicyclic amines) is 1. The number of hydrogen-bond acceptors (Lipinski definition) is 4. The highest BCUT2D eigenvalue weighted by Gasteiger charge is 2.32. The Morgan fingerprint density at radius 1 is 1.14 bits per heavy atom. The van der Waals surface area contributed by atoms with Crippen molar-refractivity contribution in [1.82, 2.24) is 0 Å². The molecular formula is C22H24N3O3+. The molecule has 6 heteroatoms. The fourth-order valence-corrected chi connectivity index (χ4v) is 4.01. The maximum atomic E-state index is 12.6. The molecule has 0 aromatic heterocycles. The van der Waals surface area contributed by atoms with E-state index in [0.717, 1.165) is 37.3 Å². The first-order chi connectivity index (χ1) is 13.7. The van der Waals surface area contributed by atoms with Gasteiger partial charge in [-0.3, -0.25) is 4.79 Å². The van der Waals surface area contributed by atoms with E-state index < -0.39 is 0 Å². The van der Waals surface area contributed by atoms with Gasteiger partial charge in [-0.2, -0.15) is 5.26 Å². The fraction of sp³-hybridized carbons (Fsp3) is 0.364. The van der Waals surface area contributed by atoms with Gasteiger partial charge >= 0.3 is 0 Å². The molecule has 4 rings (SSSR count). The Morgan fingerprint density at radius 2 is 1.96 bits per heavy atom. The molecule has 1 saturated heterocycles. The van der Waals surface area contributed by atoms with Gasteiger partial charge in [-0.25, -0.2) is 0 Å². The number of carbonyl (C=O) groups is 1. The second kappa shape index (κ2) is 8.32. The molecule has 2 aromatic carbocycles. The number of para-hydroxylation sites is 1. The van der Waals surface area contributed by atoms with Crippen LogP contribution in [0.1, 0.15) is 36.4 Å². The summed E-state index contributed by atoms with van der Waals surface area (Å²) >= 11 is 0. The van der Waals surface area contributed by atoms with Crippen LogP contribution in [0.4, 0.5) is 5.69 Å². The predicted octanol–water partition coefficient (Wildman–Crippen LogP) is 2.08. The van der Waals surface area contributed by atoms with Crippen LogP contribution < -0.4 is 19.7 Å². The van der Waals surface area contributed by atoms with Gasteiger partial charge in [0.2, 0.25) is 0 Å². The number of fused-ring (bicyclic) bond motifs is 1. The third-order valence-electron chi connectivity index (χ3n) is 5.37. The third-order valence-corrected chi connectivity index (χ3v) is 5.37. The number of nitriles is 1. The average molecular weight is 378 g/mol. The van der Waals surface area contributed by atoms with E-state index in [4.69, 9.17) is 9.47 Å². The minimum atomic E-state index is -0.0704. The first-order valence-electron chi connectivity index (χ1n) is 9.77. The molecule has 2 atom stereocenters. The van der Waals surface area contributed by atoms with Crippen LogP contribution in [-0.4, -0.2) is 32.2 Å². The smallest absolute Gasteiger partial charge is 0.279 e. The third kappa shape index (κ3) is 3.95. The van der Waals surface area contributed by atoms with Crippen molar-refractivity contribution in [2.45, 2.75) is 25.3 Å². The topological polar surface area (TPSA) is 75.8 Å². The van der Waals surface area contributed by atoms with Gasteiger partial charge in [0.1, 0.15) is 12.1 Å². The van der Waals surface area contributed by atoms with E-state index in [1.807, 2.05) is 12.1 Å². The van der Waals surface area contributed by atoms with Crippen molar-refractivity contribution < 1.29 is 19.2 Å². The molecule has 0 bridgehead atoms. The lowest BCUT2D eigenvalue weighted by Gasteiger charge is -2.22. The van der Waals surface area contributed by atoms with Gasteiger partial charge < -0.3 is 19.7 Å². The van der Waals surface area contributed by atoms with E-state index in [-0.39, 0.29) is 11.9 Å². The maximum absolute atomic E-state index is 12.6. The lowest BCUT2D eigenvalue weighted by Crippen LogP contribution is -3.11. The summed E-state index contributed by atoms with van der Waals surface area (Å²) < 4.78 is 11.5. The quantitative estimate of drug-likeness (QED) is 0.854. The molecule has 0 aliphatic carbocycles. The van der Waals surface area contributed by atoms with Crippen LogP contribution in [0.5, 0.6) is 11.5 Å². The normalized spacial score (nSPS) is 20.8. The minimum absolute atomic E-state index is 0.0704. The summed E-state index contributed by atoms with van der Waals surface area (Å²) in [6.07, 6.45) is 3.00. The van der Waals surface area contributed by atoms with Crippen molar-refractivity contribution in [3.63, 3.8) is 0 Å². The standard InChI is InChI=1S/C22H23N3O3/c23-14-17-5-1-2-6-18(17)24-22(26)15-25-10-3-7-19(25)16-8-9-20-21(13-16)28-12-4-11-27-20/h1-2,5-6,8-9,13,19H,3-4,7,10-12,15H2,(H,24,26)/p+1/t19-/m0/s1. The molecule has 2 N–H and O–H groups in total. The first-order valence-corrected chi connectivity index (χ1v) is 9.77. The number of rotatable bonds is 4. The summed E-state index contributed by atoms with van der Waals surface area (Å²) in [5.74, 6) is 1.53. The average Bonchev–Trinajstić information content (AvgIpc) is 3.03. The highest BCUT2D eigenvalue weighted by atomic mass is 16.5. The summed E-state index contributed by atoms with van der Waals surface area (Å²) in [7, 11) is 0. The summed E-state index contributed by atoms with van der Waals surface area (Å²) in [6.45, 7) is 2.67. The van der Waals surface area contributed by atoms with E-state index in [1.165, 1.54) is 10.5 Å². The largest absolute Gasteiger partial charge is 0.490 e. The van der Waals surface area contributed by atoms with Gasteiger partial charge in [0.15, 0.2) is 18.0 Å². The number of amides is 1. The monoisotopic (exact) mass is 378 g/mol. The highest BCUT2D eigenvalue weighted by molar-refractivity contribution is 5.92. The second-order valence-electron chi connectivity index (χ2n) is 7.24. The number of carbonyl (C=O) groups excluding carboxylic acids is 1. The van der Waals surface area contributed by atoms with Gasteiger partial charge in [-0.05, 0) is 30.3 Å². The number of quaternary nitrogens is 1. The second-order valence-corrected chi connectivity index (χ2v) is 7.24. The van der Waals surface area contributed by atoms with Crippen molar-refractivity contribution >= 4 is 11.6 Å². The summed E-state index contributed by atoms with van der Waals surface area (Å²) in [4.78, 5) is 13.8. The fourth-order valence-electron chi connectivity index (χ4n) is 4.01. The Balaban J connectivity index is 1.46. The molecule has 6 nitrogen and oxygen atoms in total. The first kappa shape index (κ1) is 18.3. The molecule has 0 radical (unpaired) electrons. The molecule has 2 heterocycles. The van der Waals surface area contributed by atoms with Crippen molar-refractivity contribution in [2.75, 3.05) is 31.6 Å². The molecule has 2 aromatic rings. The number of nitrogens with one attached hydrogen (secondary N) is 2. The summed E-state index contributed by atoms with van der Waals surface area (Å²) in [5.41, 5.74) is 2.23. The molecule has 1 unspecified atom stereocenters. The Morgan fingerprint density at radius 3 is 2.82 bits per heavy atom. The molecule has 2 aliphatic heterocycles. The Kier molecular flexibility index (Phi) is 5.45. The van der Waals surface area contributed by atoms with Crippen LogP contribution in [0, 0.1) is 11.3 Å². The SMILES string of the molecule is N#Cc1ccccc1NC(=O)C[NH+]1CCC[C@H]1c1ccc2c(c1)OCCCO2. The predicted molar refractivity (Wildman–Crippen MR) is 105 cm³/mol. The van der Waals surface area contributed by atoms with Crippen LogP contribution in [0.2, 0.25) is 0 Å². The van der Waals surface area contributed by atoms with Gasteiger partial charge in [0.25, 0.3) is 5.91 Å². The molecule has 144 valence electrons. The maximum Gasteiger partial charge on any atom is 0.279 e. The van der Waals surface area contributed by atoms with E-state index >= 15 is 0 Å². The minimum Gasteiger partial charge on any atom is -0.490 e. The van der Waals surface area contributed by atoms with E-state index in [0.29, 0.717) is 31.0 Å². The lowest BCUT2D eigenvalue weighted by atomic mass is 10.0. The van der Waals surface area contributed by atoms with Crippen LogP contribution in [0.15, 0.2) is 42.5 Å². The Hall–Kier alpha value is -3.04. The van der Waals surface area contributed by atoms with Crippen LogP contribution in [0.25, 0.3) is 0 Å². The van der Waals surface area contributed by atoms with Gasteiger partial charge in [0.05, 0.1) is 31.0 Å². The number of nitrogens with zero attached hydrogens (tertiary/aromatic N) is 1. The zero-order chi connectivity index (χ0) is 19.3. The van der Waals surface area contributed by atoms with Gasteiger partial charge in [0, 0.05) is 24.8 Å². The number of ether oxygens (including phenoxy) is 2. The van der Waals surface area contributed by atoms with Crippen molar-refractivity contribution in [3.05, 3.63) is 53.6 Å². The van der Waals surface area contributed by atoms with E-state index in [2.05, 4.69) is 23.5 Å². The number of benzene rings is 2. The highest BCUT2D eigenvalue weighted by Crippen LogP contribution is 2.33. The summed E-state index contributed by atoms with van der Waals surface area (Å²) in [6, 6.07) is 15.6. The Labute approximate surface area is 164 Å². The molecular weight excluding hydrogens is 354 g/mol. The van der Waals surface area contributed by atoms with Crippen molar-refractivity contribution in [1.29, 1.82) is 5.26 Å². The van der Waals surface area contributed by atoms with Gasteiger partial charge in [-0.15, -0.1) is 0 Å². The van der Waals surface area contributed by atoms with Crippen LogP contribution in [0.3, 0.4) is 0 Å². The number of hydrogen-bond donors (Lipinski definition) is 2. The van der Waals surface area contributed by atoms with E-state index in [1.54, 1.807) is 18.2 Å². The molecule has 1 fully saturated rings. The zero-order valence-corrected chi connectivity index (χ0v) is 15.7. The van der Waals surface area contributed by atoms with Crippen LogP contribution in [-0.2, 0) is 4.79 Å². The van der Waals surface area contributed by atoms with Crippen LogP contribution >= 0.6 is 0 Å². The van der Waals surface area contributed by atoms with Crippen molar-refractivity contribution in [2.24, 2.45) is 0 Å². The lowest BCUT2D eigenvalue weighted by molar-refractivity contribution is -0.910. The molecule has 1 amide bonds. The molecule has 28 heavy (non-hydrogen) atoms. The summed E-state index contributed by atoms with van der Waals surface area (Å²) in [5, 5.41) is 12.1. The molecule has 0 spiro atoms. The van der Waals surface area contributed by atoms with Crippen molar-refractivity contribution in [3.8, 4) is 17.6 Å². The molecule has 2 aliphatic rings. The molecule has 0 saturated carbocycles.